The second-order valence-electron chi connectivity index (χ2n) is 11.7. The van der Waals surface area contributed by atoms with Crippen molar-refractivity contribution in [1.82, 2.24) is 0 Å². The van der Waals surface area contributed by atoms with E-state index >= 15 is 0 Å². The lowest BCUT2D eigenvalue weighted by Crippen LogP contribution is -2.00. The Morgan fingerprint density at radius 3 is 0.981 bits per heavy atom. The lowest BCUT2D eigenvalue weighted by atomic mass is 9.92. The minimum atomic E-state index is -0.397. The van der Waals surface area contributed by atoms with Crippen molar-refractivity contribution in [2.75, 3.05) is 28.4 Å². The van der Waals surface area contributed by atoms with Crippen molar-refractivity contribution in [2.24, 2.45) is 0 Å². The molecule has 0 unspecified atom stereocenters. The fourth-order valence-corrected chi connectivity index (χ4v) is 5.54. The Morgan fingerprint density at radius 2 is 0.673 bits per heavy atom. The van der Waals surface area contributed by atoms with E-state index in [-0.39, 0.29) is 0 Å². The first kappa shape index (κ1) is 34.8. The minimum Gasteiger partial charge on any atom is -0.497 e. The summed E-state index contributed by atoms with van der Waals surface area (Å²) in [6.45, 7) is 0. The van der Waals surface area contributed by atoms with Gasteiger partial charge in [0.25, 0.3) is 0 Å². The zero-order valence-electron chi connectivity index (χ0n) is 29.2. The molecule has 6 heteroatoms. The van der Waals surface area contributed by atoms with Gasteiger partial charge in [-0.25, -0.2) is 9.59 Å². The number of hydrogen-bond acceptors (Lipinski definition) is 6. The highest BCUT2D eigenvalue weighted by Crippen LogP contribution is 2.33. The molecule has 52 heavy (non-hydrogen) atoms. The molecular weight excluding hydrogens is 649 g/mol. The fourth-order valence-electron chi connectivity index (χ4n) is 5.54. The van der Waals surface area contributed by atoms with Gasteiger partial charge in [0.05, 0.1) is 39.6 Å². The van der Waals surface area contributed by atoms with Gasteiger partial charge in [0.2, 0.25) is 0 Å². The first-order valence-corrected chi connectivity index (χ1v) is 16.4. The summed E-state index contributed by atoms with van der Waals surface area (Å²) >= 11 is 0. The van der Waals surface area contributed by atoms with Crippen LogP contribution in [0.3, 0.4) is 0 Å². The van der Waals surface area contributed by atoms with E-state index in [2.05, 4.69) is 47.9 Å². The van der Waals surface area contributed by atoms with E-state index in [1.165, 1.54) is 14.2 Å². The first-order chi connectivity index (χ1) is 25.3. The molecule has 6 aromatic carbocycles. The molecular formula is C46H34O6. The first-order valence-electron chi connectivity index (χ1n) is 16.4. The Hall–Kier alpha value is -7.02. The van der Waals surface area contributed by atoms with Crippen LogP contribution in [0.5, 0.6) is 11.5 Å². The molecule has 0 atom stereocenters. The van der Waals surface area contributed by atoms with E-state index in [0.717, 1.165) is 67.1 Å². The van der Waals surface area contributed by atoms with Gasteiger partial charge in [-0.15, -0.1) is 0 Å². The number of esters is 2. The number of rotatable bonds is 7. The van der Waals surface area contributed by atoms with Crippen LogP contribution >= 0.6 is 0 Å². The maximum Gasteiger partial charge on any atom is 0.337 e. The predicted molar refractivity (Wildman–Crippen MR) is 203 cm³/mol. The summed E-state index contributed by atoms with van der Waals surface area (Å²) in [5.41, 5.74) is 9.76. The summed E-state index contributed by atoms with van der Waals surface area (Å²) in [4.78, 5) is 24.3. The van der Waals surface area contributed by atoms with Crippen LogP contribution in [0.4, 0.5) is 0 Å². The van der Waals surface area contributed by atoms with E-state index in [0.29, 0.717) is 11.1 Å². The molecule has 0 fully saturated rings. The highest BCUT2D eigenvalue weighted by atomic mass is 16.5. The maximum atomic E-state index is 12.1. The summed E-state index contributed by atoms with van der Waals surface area (Å²) in [5.74, 6) is 14.0. The quantitative estimate of drug-likeness (QED) is 0.124. The molecule has 0 N–H and O–H groups in total. The lowest BCUT2D eigenvalue weighted by Gasteiger charge is -2.12. The Balaban J connectivity index is 1.49. The summed E-state index contributed by atoms with van der Waals surface area (Å²) in [6, 6.07) is 42.2. The molecule has 0 spiro atoms. The molecule has 0 saturated carbocycles. The smallest absolute Gasteiger partial charge is 0.337 e. The molecule has 0 aliphatic heterocycles. The average Bonchev–Trinajstić information content (AvgIpc) is 3.21. The van der Waals surface area contributed by atoms with Gasteiger partial charge < -0.3 is 18.9 Å². The van der Waals surface area contributed by atoms with Crippen LogP contribution in [0, 0.1) is 23.7 Å². The molecule has 0 saturated heterocycles. The fraction of sp³-hybridized carbons (Fsp3) is 0.0870. The SMILES string of the molecule is COC(=O)c1ccc(-c2cc(C#Cc3ccc(OC)cc3)cc(-c3cc(C#Cc4ccc(OC)cc4)cc(-c4ccc(C(=O)OC)cc4)c3)c2)cc1. The van der Waals surface area contributed by atoms with Gasteiger partial charge in [-0.1, -0.05) is 47.9 Å². The standard InChI is InChI=1S/C46H34O6/c1-49-43-21-9-31(10-22-43)5-7-33-25-39(35-13-17-37(18-14-35)45(47)51-3)29-41(27-33)42-28-34(8-6-32-11-23-44(50-2)24-12-32)26-40(30-42)36-15-19-38(20-16-36)46(48)52-4/h9-30H,1-4H3. The van der Waals surface area contributed by atoms with Gasteiger partial charge in [0.15, 0.2) is 0 Å². The Kier molecular flexibility index (Phi) is 10.8. The van der Waals surface area contributed by atoms with Gasteiger partial charge in [-0.3, -0.25) is 0 Å². The zero-order chi connectivity index (χ0) is 36.5. The number of carbonyl (C=O) groups excluding carboxylic acids is 2. The van der Waals surface area contributed by atoms with Crippen molar-refractivity contribution in [2.45, 2.75) is 0 Å². The summed E-state index contributed by atoms with van der Waals surface area (Å²) in [5, 5.41) is 0. The second kappa shape index (κ2) is 16.1. The number of carbonyl (C=O) groups is 2. The molecule has 254 valence electrons. The molecule has 6 aromatic rings. The third-order valence-corrected chi connectivity index (χ3v) is 8.36. The predicted octanol–water partition coefficient (Wildman–Crippen LogP) is 9.08. The molecule has 6 nitrogen and oxygen atoms in total. The molecule has 0 aliphatic carbocycles. The number of ether oxygens (including phenoxy) is 4. The van der Waals surface area contributed by atoms with E-state index in [9.17, 15) is 9.59 Å². The molecule has 6 rings (SSSR count). The van der Waals surface area contributed by atoms with Crippen LogP contribution in [0.1, 0.15) is 43.0 Å². The summed E-state index contributed by atoms with van der Waals surface area (Å²) in [7, 11) is 6.00. The van der Waals surface area contributed by atoms with Gasteiger partial charge in [-0.05, 0) is 143 Å². The van der Waals surface area contributed by atoms with Crippen molar-refractivity contribution in [1.29, 1.82) is 0 Å². The van der Waals surface area contributed by atoms with E-state index in [1.807, 2.05) is 84.9 Å². The van der Waals surface area contributed by atoms with Crippen LogP contribution in [-0.2, 0) is 9.47 Å². The third kappa shape index (κ3) is 8.40. The Labute approximate surface area is 303 Å². The van der Waals surface area contributed by atoms with Crippen LogP contribution in [-0.4, -0.2) is 40.4 Å². The zero-order valence-corrected chi connectivity index (χ0v) is 29.2. The Bertz CT molecular complexity index is 2180. The van der Waals surface area contributed by atoms with Crippen molar-refractivity contribution in [3.8, 4) is 68.6 Å². The normalized spacial score (nSPS) is 10.2. The van der Waals surface area contributed by atoms with E-state index < -0.39 is 11.9 Å². The highest BCUT2D eigenvalue weighted by Gasteiger charge is 2.12. The van der Waals surface area contributed by atoms with Crippen molar-refractivity contribution in [3.05, 3.63) is 167 Å². The summed E-state index contributed by atoms with van der Waals surface area (Å²) < 4.78 is 20.4. The second-order valence-corrected chi connectivity index (χ2v) is 11.7. The molecule has 0 heterocycles. The third-order valence-electron chi connectivity index (χ3n) is 8.36. The van der Waals surface area contributed by atoms with Crippen molar-refractivity contribution < 1.29 is 28.5 Å². The van der Waals surface area contributed by atoms with Crippen molar-refractivity contribution in [3.63, 3.8) is 0 Å². The topological polar surface area (TPSA) is 71.1 Å². The van der Waals surface area contributed by atoms with Gasteiger partial charge >= 0.3 is 11.9 Å². The molecule has 0 radical (unpaired) electrons. The van der Waals surface area contributed by atoms with Crippen LogP contribution in [0.25, 0.3) is 33.4 Å². The van der Waals surface area contributed by atoms with Crippen LogP contribution < -0.4 is 9.47 Å². The summed E-state index contributed by atoms with van der Waals surface area (Å²) in [6.07, 6.45) is 0. The van der Waals surface area contributed by atoms with Crippen LogP contribution in [0.15, 0.2) is 133 Å². The van der Waals surface area contributed by atoms with E-state index in [4.69, 9.17) is 18.9 Å². The Morgan fingerprint density at radius 1 is 0.365 bits per heavy atom. The van der Waals surface area contributed by atoms with Crippen molar-refractivity contribution >= 4 is 11.9 Å². The lowest BCUT2D eigenvalue weighted by molar-refractivity contribution is 0.0592. The maximum absolute atomic E-state index is 12.1. The molecule has 0 aromatic heterocycles. The number of hydrogen-bond donors (Lipinski definition) is 0. The minimum absolute atomic E-state index is 0.397. The van der Waals surface area contributed by atoms with Gasteiger partial charge in [0, 0.05) is 22.3 Å². The van der Waals surface area contributed by atoms with Gasteiger partial charge in [0.1, 0.15) is 11.5 Å². The number of methoxy groups -OCH3 is 4. The van der Waals surface area contributed by atoms with Gasteiger partial charge in [-0.2, -0.15) is 0 Å². The molecule has 0 amide bonds. The highest BCUT2D eigenvalue weighted by molar-refractivity contribution is 5.91. The molecule has 0 aliphatic rings. The largest absolute Gasteiger partial charge is 0.497 e. The number of benzene rings is 6. The monoisotopic (exact) mass is 682 g/mol. The van der Waals surface area contributed by atoms with E-state index in [1.54, 1.807) is 38.5 Å². The average molecular weight is 683 g/mol. The van der Waals surface area contributed by atoms with Crippen LogP contribution in [0.2, 0.25) is 0 Å². The molecule has 0 bridgehead atoms.